The Kier molecular flexibility index (Phi) is 6.68. The molecule has 4 nitrogen and oxygen atoms in total. The summed E-state index contributed by atoms with van der Waals surface area (Å²) in [6, 6.07) is 33.3. The number of para-hydroxylation sites is 4. The third kappa shape index (κ3) is 5.06. The van der Waals surface area contributed by atoms with E-state index >= 15 is 0 Å². The number of hydrogen-bond acceptors (Lipinski definition) is 4. The van der Waals surface area contributed by atoms with Crippen molar-refractivity contribution in [1.29, 1.82) is 0 Å². The maximum absolute atomic E-state index is 11.3. The van der Waals surface area contributed by atoms with Crippen molar-refractivity contribution in [3.8, 4) is 23.0 Å². The Labute approximate surface area is 228 Å². The lowest BCUT2D eigenvalue weighted by Gasteiger charge is -2.19. The zero-order chi connectivity index (χ0) is 26.8. The van der Waals surface area contributed by atoms with Crippen molar-refractivity contribution in [2.24, 2.45) is 0 Å². The summed E-state index contributed by atoms with van der Waals surface area (Å²) < 4.78 is 6.48. The molecule has 1 aliphatic rings. The molecule has 0 unspecified atom stereocenters. The van der Waals surface area contributed by atoms with Crippen molar-refractivity contribution in [2.45, 2.75) is 32.3 Å². The quantitative estimate of drug-likeness (QED) is 0.236. The number of hydrogen-bond donors (Lipinski definition) is 3. The topological polar surface area (TPSA) is 69.9 Å². The molecule has 3 N–H and O–H groups in total. The fourth-order valence-electron chi connectivity index (χ4n) is 5.44. The molecule has 1 aliphatic carbocycles. The molecule has 39 heavy (non-hydrogen) atoms. The summed E-state index contributed by atoms with van der Waals surface area (Å²) in [6.07, 6.45) is 1.75. The Morgan fingerprint density at radius 1 is 0.410 bits per heavy atom. The molecule has 0 aliphatic heterocycles. The van der Waals surface area contributed by atoms with Gasteiger partial charge in [-0.1, -0.05) is 103 Å². The van der Waals surface area contributed by atoms with Crippen LogP contribution in [-0.2, 0) is 32.3 Å². The SMILES string of the molecule is Oc1c2cccc1Cc1cccc(c1O)Cc1cccc(c1OCc1ccccc1)Cc1cccc(c1O)C2. The van der Waals surface area contributed by atoms with Gasteiger partial charge in [-0.3, -0.25) is 0 Å². The summed E-state index contributed by atoms with van der Waals surface area (Å²) in [5, 5.41) is 33.7. The third-order valence-electron chi connectivity index (χ3n) is 7.54. The Hall–Kier alpha value is -4.70. The molecule has 5 aromatic rings. The van der Waals surface area contributed by atoms with E-state index in [1.807, 2.05) is 103 Å². The highest BCUT2D eigenvalue weighted by atomic mass is 16.5. The van der Waals surface area contributed by atoms with E-state index in [0.29, 0.717) is 32.3 Å². The third-order valence-corrected chi connectivity index (χ3v) is 7.54. The minimum atomic E-state index is 0.195. The average molecular weight is 515 g/mol. The standard InChI is InChI=1S/C35H30O4/c36-32-24-10-4-11-25(32)19-27-13-6-15-29(34(27)38)21-31-17-7-16-30(20-28-14-5-12-26(18-24)33(28)37)35(31)39-22-23-8-2-1-3-9-23/h1-17,36-38H,18-22H2. The van der Waals surface area contributed by atoms with Crippen LogP contribution in [0.25, 0.3) is 0 Å². The van der Waals surface area contributed by atoms with Gasteiger partial charge in [-0.05, 0) is 50.1 Å². The zero-order valence-corrected chi connectivity index (χ0v) is 21.6. The Bertz CT molecular complexity index is 1540. The van der Waals surface area contributed by atoms with Gasteiger partial charge in [0.15, 0.2) is 0 Å². The van der Waals surface area contributed by atoms with Crippen LogP contribution in [0.4, 0.5) is 0 Å². The second-order valence-corrected chi connectivity index (χ2v) is 10.2. The zero-order valence-electron chi connectivity index (χ0n) is 21.6. The highest BCUT2D eigenvalue weighted by molar-refractivity contribution is 5.55. The molecule has 6 rings (SSSR count). The molecular weight excluding hydrogens is 484 g/mol. The van der Waals surface area contributed by atoms with Crippen molar-refractivity contribution in [3.05, 3.63) is 153 Å². The van der Waals surface area contributed by atoms with Crippen molar-refractivity contribution >= 4 is 0 Å². The van der Waals surface area contributed by atoms with Gasteiger partial charge >= 0.3 is 0 Å². The summed E-state index contributed by atoms with van der Waals surface area (Å²) >= 11 is 0. The van der Waals surface area contributed by atoms with Crippen LogP contribution in [0.15, 0.2) is 103 Å². The predicted octanol–water partition coefficient (Wildman–Crippen LogP) is 7.06. The summed E-state index contributed by atoms with van der Waals surface area (Å²) in [5.41, 5.74) is 7.54. The van der Waals surface area contributed by atoms with Crippen molar-refractivity contribution in [2.75, 3.05) is 0 Å². The van der Waals surface area contributed by atoms with Crippen LogP contribution < -0.4 is 4.74 Å². The summed E-state index contributed by atoms with van der Waals surface area (Å²) in [7, 11) is 0. The number of fused-ring (bicyclic) bond motifs is 8. The summed E-state index contributed by atoms with van der Waals surface area (Å²) in [4.78, 5) is 0. The number of phenolic OH excluding ortho intramolecular Hbond substituents is 3. The van der Waals surface area contributed by atoms with E-state index in [1.54, 1.807) is 0 Å². The maximum Gasteiger partial charge on any atom is 0.126 e. The minimum Gasteiger partial charge on any atom is -0.507 e. The molecule has 0 saturated heterocycles. The molecule has 0 saturated carbocycles. The van der Waals surface area contributed by atoms with Crippen molar-refractivity contribution in [1.82, 2.24) is 0 Å². The van der Waals surface area contributed by atoms with E-state index in [0.717, 1.165) is 55.8 Å². The second-order valence-electron chi connectivity index (χ2n) is 10.2. The molecule has 0 aromatic heterocycles. The van der Waals surface area contributed by atoms with Gasteiger partial charge in [0.1, 0.15) is 29.6 Å². The monoisotopic (exact) mass is 514 g/mol. The van der Waals surface area contributed by atoms with Crippen LogP contribution in [-0.4, -0.2) is 15.3 Å². The van der Waals surface area contributed by atoms with E-state index < -0.39 is 0 Å². The van der Waals surface area contributed by atoms with Crippen LogP contribution in [0, 0.1) is 0 Å². The molecule has 0 fully saturated rings. The van der Waals surface area contributed by atoms with Crippen LogP contribution in [0.2, 0.25) is 0 Å². The number of ether oxygens (including phenoxy) is 1. The minimum absolute atomic E-state index is 0.195. The first-order valence-corrected chi connectivity index (χ1v) is 13.2. The van der Waals surface area contributed by atoms with Gasteiger partial charge in [0.2, 0.25) is 0 Å². The molecule has 194 valence electrons. The Morgan fingerprint density at radius 3 is 1.13 bits per heavy atom. The largest absolute Gasteiger partial charge is 0.507 e. The van der Waals surface area contributed by atoms with E-state index in [9.17, 15) is 15.3 Å². The predicted molar refractivity (Wildman–Crippen MR) is 153 cm³/mol. The maximum atomic E-state index is 11.3. The molecule has 0 spiro atoms. The van der Waals surface area contributed by atoms with Crippen molar-refractivity contribution in [3.63, 3.8) is 0 Å². The number of aromatic hydroxyl groups is 3. The fourth-order valence-corrected chi connectivity index (χ4v) is 5.44. The van der Waals surface area contributed by atoms with E-state index in [1.165, 1.54) is 0 Å². The van der Waals surface area contributed by atoms with Crippen LogP contribution in [0.3, 0.4) is 0 Å². The normalized spacial score (nSPS) is 12.6. The Balaban J connectivity index is 1.50. The Morgan fingerprint density at radius 2 is 0.744 bits per heavy atom. The lowest BCUT2D eigenvalue weighted by Crippen LogP contribution is -2.05. The molecule has 0 atom stereocenters. The average Bonchev–Trinajstić information content (AvgIpc) is 2.95. The lowest BCUT2D eigenvalue weighted by molar-refractivity contribution is 0.300. The van der Waals surface area contributed by atoms with Crippen LogP contribution in [0.1, 0.15) is 50.1 Å². The highest BCUT2D eigenvalue weighted by Crippen LogP contribution is 2.37. The first kappa shape index (κ1) is 24.6. The first-order chi connectivity index (χ1) is 19.1. The number of phenols is 3. The highest BCUT2D eigenvalue weighted by Gasteiger charge is 2.19. The molecule has 8 bridgehead atoms. The van der Waals surface area contributed by atoms with E-state index in [-0.39, 0.29) is 17.2 Å². The van der Waals surface area contributed by atoms with E-state index in [4.69, 9.17) is 4.74 Å². The van der Waals surface area contributed by atoms with Crippen LogP contribution >= 0.6 is 0 Å². The lowest BCUT2D eigenvalue weighted by atomic mass is 9.91. The summed E-state index contributed by atoms with van der Waals surface area (Å²) in [6.45, 7) is 0.414. The smallest absolute Gasteiger partial charge is 0.126 e. The van der Waals surface area contributed by atoms with Gasteiger partial charge in [-0.15, -0.1) is 0 Å². The van der Waals surface area contributed by atoms with Gasteiger partial charge in [0.05, 0.1) is 0 Å². The van der Waals surface area contributed by atoms with Gasteiger partial charge in [0.25, 0.3) is 0 Å². The number of benzene rings is 5. The molecule has 0 heterocycles. The summed E-state index contributed by atoms with van der Waals surface area (Å²) in [5.74, 6) is 1.43. The van der Waals surface area contributed by atoms with Crippen molar-refractivity contribution < 1.29 is 20.1 Å². The van der Waals surface area contributed by atoms with E-state index in [2.05, 4.69) is 0 Å². The van der Waals surface area contributed by atoms with Gasteiger partial charge < -0.3 is 20.1 Å². The fraction of sp³-hybridized carbons (Fsp3) is 0.143. The molecule has 0 radical (unpaired) electrons. The molecule has 5 aromatic carbocycles. The molecule has 4 heteroatoms. The van der Waals surface area contributed by atoms with Gasteiger partial charge in [0, 0.05) is 25.7 Å². The van der Waals surface area contributed by atoms with Crippen LogP contribution in [0.5, 0.6) is 23.0 Å². The first-order valence-electron chi connectivity index (χ1n) is 13.2. The van der Waals surface area contributed by atoms with Gasteiger partial charge in [-0.2, -0.15) is 0 Å². The molecule has 0 amide bonds. The molecular formula is C35H30O4. The number of rotatable bonds is 3. The second kappa shape index (κ2) is 10.6. The van der Waals surface area contributed by atoms with Gasteiger partial charge in [-0.25, -0.2) is 0 Å².